The van der Waals surface area contributed by atoms with Gasteiger partial charge in [-0.25, -0.2) is 9.13 Å². The van der Waals surface area contributed by atoms with Gasteiger partial charge in [-0.05, 0) is 100 Å². The fourth-order valence-corrected chi connectivity index (χ4v) is 14.3. The lowest BCUT2D eigenvalue weighted by molar-refractivity contribution is -0.670. The lowest BCUT2D eigenvalue weighted by Crippen LogP contribution is -2.34. The van der Waals surface area contributed by atoms with Crippen molar-refractivity contribution in [3.63, 3.8) is 0 Å². The molecule has 3 aliphatic rings. The number of aryl methyl sites for hydroxylation is 4. The third-order valence-electron chi connectivity index (χ3n) is 8.94. The third-order valence-corrected chi connectivity index (χ3v) is 16.4. The van der Waals surface area contributed by atoms with Crippen LogP contribution in [0, 0.1) is 13.8 Å². The lowest BCUT2D eigenvalue weighted by atomic mass is 10.2. The Bertz CT molecular complexity index is 2100. The summed E-state index contributed by atoms with van der Waals surface area (Å²) in [5.74, 6) is 2.23. The second-order valence-electron chi connectivity index (χ2n) is 12.2. The molecule has 0 aliphatic carbocycles. The van der Waals surface area contributed by atoms with Gasteiger partial charge in [0.2, 0.25) is 0 Å². The van der Waals surface area contributed by atoms with E-state index in [-0.39, 0.29) is 2.74 Å². The van der Waals surface area contributed by atoms with Crippen molar-refractivity contribution < 1.29 is 4.57 Å². The maximum Gasteiger partial charge on any atom is 0.282 e. The molecule has 1 aromatic heterocycles. The molecule has 4 heterocycles. The van der Waals surface area contributed by atoms with Crippen LogP contribution in [0.3, 0.4) is 0 Å². The summed E-state index contributed by atoms with van der Waals surface area (Å²) in [6.07, 6.45) is 6.41. The first-order valence-electron chi connectivity index (χ1n) is 16.6. The number of rotatable bonds is 5. The highest BCUT2D eigenvalue weighted by Crippen LogP contribution is 2.73. The molecule has 0 atom stereocenters. The molecule has 4 aromatic carbocycles. The first kappa shape index (κ1) is 36.1. The van der Waals surface area contributed by atoms with Gasteiger partial charge in [-0.2, -0.15) is 0 Å². The largest absolute Gasteiger partial charge is 0.326 e. The van der Waals surface area contributed by atoms with E-state index in [1.165, 1.54) is 36.2 Å². The summed E-state index contributed by atoms with van der Waals surface area (Å²) in [6.45, 7) is 13.3. The Labute approximate surface area is 327 Å². The molecule has 0 fully saturated rings. The molecule has 258 valence electrons. The van der Waals surface area contributed by atoms with Gasteiger partial charge in [0.1, 0.15) is 5.82 Å². The molecule has 0 bridgehead atoms. The molecule has 0 N–H and O–H groups in total. The third kappa shape index (κ3) is 6.70. The molecule has 0 saturated heterocycles. The zero-order valence-electron chi connectivity index (χ0n) is 28.8. The predicted octanol–water partition coefficient (Wildman–Crippen LogP) is 12.7. The normalized spacial score (nSPS) is 15.6. The fraction of sp³-hybridized carbons (Fsp3) is 0.256. The van der Waals surface area contributed by atoms with Gasteiger partial charge in [0.15, 0.2) is 13.8 Å². The predicted molar refractivity (Wildman–Crippen MR) is 222 cm³/mol. The van der Waals surface area contributed by atoms with Crippen molar-refractivity contribution in [1.82, 2.24) is 4.57 Å². The number of allylic oxidation sites excluding steroid dienone is 2. The lowest BCUT2D eigenvalue weighted by Gasteiger charge is -2.23. The van der Waals surface area contributed by atoms with Gasteiger partial charge >= 0.3 is 0 Å². The average molecular weight is 797 g/mol. The molecule has 0 unspecified atom stereocenters. The summed E-state index contributed by atoms with van der Waals surface area (Å²) in [4.78, 5) is 10.3. The van der Waals surface area contributed by atoms with Crippen LogP contribution in [0.15, 0.2) is 104 Å². The van der Waals surface area contributed by atoms with Gasteiger partial charge in [-0.3, -0.25) is 0 Å². The number of hydrogen-bond acceptors (Lipinski definition) is 6. The highest BCUT2D eigenvalue weighted by Gasteiger charge is 2.46. The Kier molecular flexibility index (Phi) is 10.5. The molecule has 0 amide bonds. The van der Waals surface area contributed by atoms with E-state index in [0.29, 0.717) is 10.0 Å². The van der Waals surface area contributed by atoms with E-state index in [9.17, 15) is 0 Å². The molecular formula is C39H38Cl3N4S4+. The average Bonchev–Trinajstić information content (AvgIpc) is 3.79. The highest BCUT2D eigenvalue weighted by molar-refractivity contribution is 8.50. The number of benzene rings is 4. The molecule has 0 saturated carbocycles. The topological polar surface area (TPSA) is 15.3 Å². The van der Waals surface area contributed by atoms with Crippen molar-refractivity contribution in [2.24, 2.45) is 7.05 Å². The van der Waals surface area contributed by atoms with Crippen LogP contribution in [0.25, 0.3) is 17.1 Å². The number of imidazole rings is 1. The van der Waals surface area contributed by atoms with E-state index in [1.54, 1.807) is 0 Å². The molecular weight excluding hydrogens is 759 g/mol. The van der Waals surface area contributed by atoms with Crippen molar-refractivity contribution in [1.29, 1.82) is 0 Å². The summed E-state index contributed by atoms with van der Waals surface area (Å²) >= 11 is 26.9. The summed E-state index contributed by atoms with van der Waals surface area (Å²) in [5.41, 5.74) is 7.16. The number of anilines is 2. The van der Waals surface area contributed by atoms with Gasteiger partial charge < -0.3 is 9.80 Å². The maximum atomic E-state index is 6.31. The first-order chi connectivity index (χ1) is 24.0. The zero-order valence-corrected chi connectivity index (χ0v) is 34.3. The molecule has 4 nitrogen and oxygen atoms in total. The minimum Gasteiger partial charge on any atom is -0.326 e. The number of hydrogen-bond donors (Lipinski definition) is 0. The summed E-state index contributed by atoms with van der Waals surface area (Å²) in [6, 6.07) is 23.5. The summed E-state index contributed by atoms with van der Waals surface area (Å²) in [5, 5.41) is 1.89. The van der Waals surface area contributed by atoms with Crippen LogP contribution in [0.4, 0.5) is 11.4 Å². The Balaban J connectivity index is 0.000000175. The van der Waals surface area contributed by atoms with Crippen LogP contribution in [-0.2, 0) is 13.6 Å². The second-order valence-corrected chi connectivity index (χ2v) is 20.1. The van der Waals surface area contributed by atoms with Crippen molar-refractivity contribution >= 4 is 110 Å². The molecule has 0 radical (unpaired) electrons. The molecule has 50 heavy (non-hydrogen) atoms. The van der Waals surface area contributed by atoms with E-state index in [1.807, 2.05) is 71.3 Å². The van der Waals surface area contributed by atoms with Gasteiger partial charge in [0.05, 0.1) is 35.0 Å². The highest BCUT2D eigenvalue weighted by atomic mass is 35.5. The van der Waals surface area contributed by atoms with E-state index in [2.05, 4.69) is 121 Å². The van der Waals surface area contributed by atoms with Crippen LogP contribution in [-0.4, -0.2) is 20.4 Å². The molecule has 5 aromatic rings. The Hall–Kier alpha value is -2.30. The van der Waals surface area contributed by atoms with Crippen molar-refractivity contribution in [3.8, 4) is 0 Å². The number of fused-ring (bicyclic) bond motifs is 4. The van der Waals surface area contributed by atoms with Gasteiger partial charge in [0, 0.05) is 49.8 Å². The van der Waals surface area contributed by atoms with Gasteiger partial charge in [0.25, 0.3) is 5.82 Å². The van der Waals surface area contributed by atoms with E-state index < -0.39 is 0 Å². The zero-order chi connectivity index (χ0) is 35.3. The van der Waals surface area contributed by atoms with Gasteiger partial charge in [-0.1, -0.05) is 100 Å². The number of thioether (sulfide) groups is 4. The standard InChI is InChI=1S/C24H26Cl3N4.C15H12S4/c1-5-29-19-12-11-16(25)13-20(19)28(4)23(29)9-8-10-24-30(6-2)21-14-17(26)18(27)15-22(21)31(24)7-3;1-9-3-5-11-13(7-9)18-15(16-11)17-12-6-4-10(2)8-14(12)19-15/h8-15H,5-7H2,1-4H3;3-8H,1-2H3/q+1;. The maximum absolute atomic E-state index is 6.31. The van der Waals surface area contributed by atoms with Crippen molar-refractivity contribution in [2.75, 3.05) is 22.9 Å². The minimum absolute atomic E-state index is 0.159. The van der Waals surface area contributed by atoms with E-state index >= 15 is 0 Å². The SMILES string of the molecule is CCN1C(=CC=Cc2n(C)c3cc(Cl)ccc3[n+]2CC)N(CC)c2cc(Cl)c(Cl)cc21.Cc1ccc2c(c1)SC1(S2)Sc2ccc(C)cc2S1. The molecule has 8 rings (SSSR count). The number of halogens is 3. The van der Waals surface area contributed by atoms with Gasteiger partial charge in [-0.15, -0.1) is 0 Å². The number of aromatic nitrogens is 2. The quantitative estimate of drug-likeness (QED) is 0.163. The van der Waals surface area contributed by atoms with Crippen LogP contribution in [0.5, 0.6) is 0 Å². The monoisotopic (exact) mass is 795 g/mol. The van der Waals surface area contributed by atoms with E-state index in [4.69, 9.17) is 34.8 Å². The Morgan fingerprint density at radius 3 is 1.76 bits per heavy atom. The summed E-state index contributed by atoms with van der Waals surface area (Å²) in [7, 11) is 2.07. The number of nitrogens with zero attached hydrogens (tertiary/aromatic N) is 4. The molecule has 11 heteroatoms. The summed E-state index contributed by atoms with van der Waals surface area (Å²) < 4.78 is 4.63. The Morgan fingerprint density at radius 2 is 1.24 bits per heavy atom. The van der Waals surface area contributed by atoms with Crippen LogP contribution < -0.4 is 14.4 Å². The minimum atomic E-state index is 0.159. The smallest absolute Gasteiger partial charge is 0.282 e. The van der Waals surface area contributed by atoms with Crippen molar-refractivity contribution in [3.05, 3.63) is 117 Å². The van der Waals surface area contributed by atoms with Crippen LogP contribution in [0.2, 0.25) is 15.1 Å². The van der Waals surface area contributed by atoms with Crippen LogP contribution >= 0.6 is 81.9 Å². The first-order valence-corrected chi connectivity index (χ1v) is 21.0. The second kappa shape index (κ2) is 14.6. The molecule has 1 spiro atoms. The fourth-order valence-electron chi connectivity index (χ4n) is 6.59. The van der Waals surface area contributed by atoms with E-state index in [0.717, 1.165) is 53.2 Å². The molecule has 3 aliphatic heterocycles. The van der Waals surface area contributed by atoms with Crippen LogP contribution in [0.1, 0.15) is 37.7 Å². The van der Waals surface area contributed by atoms with Crippen molar-refractivity contribution in [2.45, 2.75) is 63.5 Å². The Morgan fingerprint density at radius 1 is 0.700 bits per heavy atom.